The fourth-order valence-corrected chi connectivity index (χ4v) is 3.27. The average Bonchev–Trinajstić information content (AvgIpc) is 3.00. The Kier molecular flexibility index (Phi) is 5.49. The van der Waals surface area contributed by atoms with E-state index < -0.39 is 6.17 Å². The molecule has 0 aliphatic carbocycles. The van der Waals surface area contributed by atoms with Crippen molar-refractivity contribution in [3.05, 3.63) is 41.6 Å². The molecule has 1 aliphatic rings. The number of likely N-dealkylation sites (N-methyl/N-ethyl adjacent to an activating group) is 1. The molecule has 136 valence electrons. The van der Waals surface area contributed by atoms with Crippen LogP contribution in [0.1, 0.15) is 23.7 Å². The first-order chi connectivity index (χ1) is 12.0. The van der Waals surface area contributed by atoms with Gasteiger partial charge in [0.15, 0.2) is 0 Å². The third-order valence-corrected chi connectivity index (χ3v) is 4.79. The number of aryl methyl sites for hydroxylation is 1. The van der Waals surface area contributed by atoms with Crippen molar-refractivity contribution in [1.29, 1.82) is 0 Å². The molecule has 0 amide bonds. The molecule has 1 aromatic carbocycles. The van der Waals surface area contributed by atoms with E-state index in [1.807, 2.05) is 20.3 Å². The van der Waals surface area contributed by atoms with E-state index in [-0.39, 0.29) is 11.7 Å². The van der Waals surface area contributed by atoms with Gasteiger partial charge in [-0.3, -0.25) is 0 Å². The number of hydrogen-bond acceptors (Lipinski definition) is 3. The Balaban J connectivity index is 1.96. The number of halogens is 2. The van der Waals surface area contributed by atoms with E-state index in [0.717, 1.165) is 43.1 Å². The molecule has 0 radical (unpaired) electrons. The lowest BCUT2D eigenvalue weighted by molar-refractivity contribution is 0.220. The molecular formula is C19H26F2N4. The Labute approximate surface area is 147 Å². The molecule has 2 aromatic rings. The van der Waals surface area contributed by atoms with E-state index in [4.69, 9.17) is 4.98 Å². The van der Waals surface area contributed by atoms with Crippen LogP contribution >= 0.6 is 0 Å². The molecule has 0 bridgehead atoms. The van der Waals surface area contributed by atoms with Crippen molar-refractivity contribution in [3.63, 3.8) is 0 Å². The Morgan fingerprint density at radius 2 is 2.16 bits per heavy atom. The minimum Gasteiger partial charge on any atom is -0.333 e. The highest BCUT2D eigenvalue weighted by molar-refractivity contribution is 5.60. The molecule has 2 atom stereocenters. The van der Waals surface area contributed by atoms with Crippen molar-refractivity contribution in [2.24, 2.45) is 0 Å². The van der Waals surface area contributed by atoms with Crippen LogP contribution in [-0.4, -0.2) is 54.4 Å². The van der Waals surface area contributed by atoms with Gasteiger partial charge in [0.25, 0.3) is 0 Å². The smallest absolute Gasteiger partial charge is 0.126 e. The summed E-state index contributed by atoms with van der Waals surface area (Å²) >= 11 is 0. The van der Waals surface area contributed by atoms with Crippen molar-refractivity contribution < 1.29 is 8.78 Å². The Hall–Kier alpha value is -1.79. The van der Waals surface area contributed by atoms with Crippen LogP contribution < -0.4 is 5.32 Å². The van der Waals surface area contributed by atoms with Crippen molar-refractivity contribution in [2.75, 3.05) is 33.7 Å². The van der Waals surface area contributed by atoms with Gasteiger partial charge in [0.1, 0.15) is 17.8 Å². The maximum atomic E-state index is 14.5. The fraction of sp³-hybridized carbons (Fsp3) is 0.526. The molecule has 2 unspecified atom stereocenters. The first-order valence-corrected chi connectivity index (χ1v) is 8.79. The molecule has 1 saturated heterocycles. The standard InChI is InChI=1S/C19H26F2N4/c1-13-10-14(4-5-16(13)20)18-12-25(9-8-24(2)3)19(23-18)15-6-7-22-11-17(15)21/h4-5,10,12,15,17,22H,6-9,11H2,1-3H3. The molecule has 1 aliphatic heterocycles. The summed E-state index contributed by atoms with van der Waals surface area (Å²) in [6, 6.07) is 5.00. The number of rotatable bonds is 5. The van der Waals surface area contributed by atoms with Gasteiger partial charge in [-0.05, 0) is 57.7 Å². The zero-order valence-corrected chi connectivity index (χ0v) is 15.1. The molecule has 6 heteroatoms. The predicted molar refractivity (Wildman–Crippen MR) is 96.0 cm³/mol. The molecule has 2 heterocycles. The van der Waals surface area contributed by atoms with Crippen molar-refractivity contribution in [2.45, 2.75) is 32.0 Å². The molecule has 1 fully saturated rings. The van der Waals surface area contributed by atoms with Crippen molar-refractivity contribution >= 4 is 0 Å². The van der Waals surface area contributed by atoms with Crippen LogP contribution in [-0.2, 0) is 6.54 Å². The maximum Gasteiger partial charge on any atom is 0.126 e. The monoisotopic (exact) mass is 348 g/mol. The molecule has 4 nitrogen and oxygen atoms in total. The zero-order chi connectivity index (χ0) is 18.0. The second-order valence-electron chi connectivity index (χ2n) is 7.06. The van der Waals surface area contributed by atoms with Gasteiger partial charge in [-0.25, -0.2) is 13.8 Å². The van der Waals surface area contributed by atoms with E-state index in [0.29, 0.717) is 12.1 Å². The number of imidazole rings is 1. The Morgan fingerprint density at radius 1 is 1.36 bits per heavy atom. The molecule has 1 N–H and O–H groups in total. The lowest BCUT2D eigenvalue weighted by Gasteiger charge is -2.27. The van der Waals surface area contributed by atoms with Crippen LogP contribution in [0.2, 0.25) is 0 Å². The number of piperidine rings is 1. The summed E-state index contributed by atoms with van der Waals surface area (Å²) in [5, 5.41) is 3.09. The summed E-state index contributed by atoms with van der Waals surface area (Å²) in [5.41, 5.74) is 2.24. The quantitative estimate of drug-likeness (QED) is 0.902. The third kappa shape index (κ3) is 4.07. The summed E-state index contributed by atoms with van der Waals surface area (Å²) in [4.78, 5) is 6.86. The van der Waals surface area contributed by atoms with Crippen LogP contribution in [0.4, 0.5) is 8.78 Å². The molecule has 0 saturated carbocycles. The van der Waals surface area contributed by atoms with E-state index in [9.17, 15) is 8.78 Å². The summed E-state index contributed by atoms with van der Waals surface area (Å²) < 4.78 is 30.1. The number of aromatic nitrogens is 2. The normalized spacial score (nSPS) is 21.0. The molecule has 25 heavy (non-hydrogen) atoms. The second-order valence-corrected chi connectivity index (χ2v) is 7.06. The van der Waals surface area contributed by atoms with E-state index in [2.05, 4.69) is 14.8 Å². The first-order valence-electron chi connectivity index (χ1n) is 8.79. The minimum absolute atomic E-state index is 0.196. The molecule has 3 rings (SSSR count). The Bertz CT molecular complexity index is 726. The van der Waals surface area contributed by atoms with Crippen LogP contribution in [0, 0.1) is 12.7 Å². The number of nitrogens with zero attached hydrogens (tertiary/aromatic N) is 3. The molecule has 0 spiro atoms. The highest BCUT2D eigenvalue weighted by Gasteiger charge is 2.30. The lowest BCUT2D eigenvalue weighted by atomic mass is 9.95. The molecule has 1 aromatic heterocycles. The average molecular weight is 348 g/mol. The summed E-state index contributed by atoms with van der Waals surface area (Å²) in [6.45, 7) is 4.53. The zero-order valence-electron chi connectivity index (χ0n) is 15.1. The summed E-state index contributed by atoms with van der Waals surface area (Å²) in [6.07, 6.45) is 1.78. The van der Waals surface area contributed by atoms with E-state index >= 15 is 0 Å². The number of benzene rings is 1. The first kappa shape index (κ1) is 18.0. The van der Waals surface area contributed by atoms with Crippen LogP contribution in [0.15, 0.2) is 24.4 Å². The number of hydrogen-bond donors (Lipinski definition) is 1. The van der Waals surface area contributed by atoms with Gasteiger partial charge >= 0.3 is 0 Å². The van der Waals surface area contributed by atoms with Gasteiger partial charge in [0.2, 0.25) is 0 Å². The molecular weight excluding hydrogens is 322 g/mol. The predicted octanol–water partition coefficient (Wildman–Crippen LogP) is 2.97. The Morgan fingerprint density at radius 3 is 2.84 bits per heavy atom. The number of nitrogens with one attached hydrogen (secondary N) is 1. The topological polar surface area (TPSA) is 33.1 Å². The summed E-state index contributed by atoms with van der Waals surface area (Å²) in [7, 11) is 4.03. The third-order valence-electron chi connectivity index (χ3n) is 4.79. The van der Waals surface area contributed by atoms with Crippen molar-refractivity contribution in [3.8, 4) is 11.3 Å². The number of alkyl halides is 1. The van der Waals surface area contributed by atoms with Gasteiger partial charge in [-0.1, -0.05) is 0 Å². The van der Waals surface area contributed by atoms with E-state index in [1.54, 1.807) is 19.1 Å². The van der Waals surface area contributed by atoms with Gasteiger partial charge in [-0.2, -0.15) is 0 Å². The van der Waals surface area contributed by atoms with Crippen LogP contribution in [0.25, 0.3) is 11.3 Å². The van der Waals surface area contributed by atoms with Gasteiger partial charge in [0.05, 0.1) is 11.6 Å². The second kappa shape index (κ2) is 7.62. The summed E-state index contributed by atoms with van der Waals surface area (Å²) in [5.74, 6) is 0.379. The van der Waals surface area contributed by atoms with Crippen LogP contribution in [0.5, 0.6) is 0 Å². The fourth-order valence-electron chi connectivity index (χ4n) is 3.27. The lowest BCUT2D eigenvalue weighted by Crippen LogP contribution is -2.38. The van der Waals surface area contributed by atoms with E-state index in [1.165, 1.54) is 6.07 Å². The maximum absolute atomic E-state index is 14.5. The largest absolute Gasteiger partial charge is 0.333 e. The highest BCUT2D eigenvalue weighted by atomic mass is 19.1. The van der Waals surface area contributed by atoms with Gasteiger partial charge < -0.3 is 14.8 Å². The SMILES string of the molecule is Cc1cc(-c2cn(CCN(C)C)c(C3CCNCC3F)n2)ccc1F. The van der Waals surface area contributed by atoms with Gasteiger partial charge in [0, 0.05) is 31.4 Å². The van der Waals surface area contributed by atoms with Gasteiger partial charge in [-0.15, -0.1) is 0 Å². The minimum atomic E-state index is -0.933. The van der Waals surface area contributed by atoms with Crippen LogP contribution in [0.3, 0.4) is 0 Å². The van der Waals surface area contributed by atoms with Crippen molar-refractivity contribution in [1.82, 2.24) is 19.8 Å². The highest BCUT2D eigenvalue weighted by Crippen LogP contribution is 2.30.